The fourth-order valence-electron chi connectivity index (χ4n) is 1.63. The van der Waals surface area contributed by atoms with Crippen molar-refractivity contribution in [3.63, 3.8) is 0 Å². The van der Waals surface area contributed by atoms with E-state index in [1.165, 1.54) is 6.07 Å². The van der Waals surface area contributed by atoms with E-state index in [2.05, 4.69) is 10.6 Å². The van der Waals surface area contributed by atoms with Gasteiger partial charge in [-0.3, -0.25) is 9.59 Å². The van der Waals surface area contributed by atoms with Crippen LogP contribution in [0.2, 0.25) is 0 Å². The minimum absolute atomic E-state index is 0.00688. The molecule has 0 fully saturated rings. The Labute approximate surface area is 129 Å². The normalized spacial score (nSPS) is 11.6. The lowest BCUT2D eigenvalue weighted by molar-refractivity contribution is -0.120. The quantitative estimate of drug-likeness (QED) is 0.510. The lowest BCUT2D eigenvalue weighted by Crippen LogP contribution is -2.37. The SMILES string of the molecule is CCNC(=O)CNC(=O)c1cc(OC[C@@H](C)CO)ccc1N. The minimum atomic E-state index is -0.440. The molecule has 0 saturated heterocycles. The monoisotopic (exact) mass is 309 g/mol. The summed E-state index contributed by atoms with van der Waals surface area (Å²) in [6.07, 6.45) is 0. The molecule has 1 atom stereocenters. The van der Waals surface area contributed by atoms with Crippen LogP contribution in [0.3, 0.4) is 0 Å². The molecule has 0 aliphatic carbocycles. The third-order valence-electron chi connectivity index (χ3n) is 2.90. The summed E-state index contributed by atoms with van der Waals surface area (Å²) in [4.78, 5) is 23.4. The molecule has 0 aliphatic heterocycles. The molecule has 0 spiro atoms. The number of carbonyl (C=O) groups excluding carboxylic acids is 2. The fourth-order valence-corrected chi connectivity index (χ4v) is 1.63. The van der Waals surface area contributed by atoms with Crippen molar-refractivity contribution in [3.05, 3.63) is 23.8 Å². The minimum Gasteiger partial charge on any atom is -0.493 e. The molecular weight excluding hydrogens is 286 g/mol. The first-order valence-electron chi connectivity index (χ1n) is 7.16. The highest BCUT2D eigenvalue weighted by molar-refractivity contribution is 6.01. The average molecular weight is 309 g/mol. The van der Waals surface area contributed by atoms with Crippen molar-refractivity contribution in [3.8, 4) is 5.75 Å². The van der Waals surface area contributed by atoms with Gasteiger partial charge in [0.2, 0.25) is 5.91 Å². The number of ether oxygens (including phenoxy) is 1. The highest BCUT2D eigenvalue weighted by Crippen LogP contribution is 2.20. The van der Waals surface area contributed by atoms with Gasteiger partial charge in [-0.1, -0.05) is 6.92 Å². The summed E-state index contributed by atoms with van der Waals surface area (Å²) in [7, 11) is 0. The predicted octanol–water partition coefficient (Wildman–Crippen LogP) is 0.142. The van der Waals surface area contributed by atoms with E-state index in [4.69, 9.17) is 15.6 Å². The number of likely N-dealkylation sites (N-methyl/N-ethyl adjacent to an activating group) is 1. The maximum Gasteiger partial charge on any atom is 0.253 e. The third-order valence-corrected chi connectivity index (χ3v) is 2.90. The van der Waals surface area contributed by atoms with Crippen molar-refractivity contribution in [2.24, 2.45) is 5.92 Å². The van der Waals surface area contributed by atoms with E-state index in [-0.39, 0.29) is 30.5 Å². The second-order valence-corrected chi connectivity index (χ2v) is 4.98. The van der Waals surface area contributed by atoms with E-state index in [9.17, 15) is 9.59 Å². The molecular formula is C15H23N3O4. The standard InChI is InChI=1S/C15H23N3O4/c1-3-17-14(20)7-18-15(21)12-6-11(4-5-13(12)16)22-9-10(2)8-19/h4-6,10,19H,3,7-9,16H2,1-2H3,(H,17,20)(H,18,21)/t10-/m0/s1. The van der Waals surface area contributed by atoms with E-state index >= 15 is 0 Å². The molecule has 5 N–H and O–H groups in total. The van der Waals surface area contributed by atoms with Crippen LogP contribution in [0.5, 0.6) is 5.75 Å². The van der Waals surface area contributed by atoms with E-state index < -0.39 is 5.91 Å². The van der Waals surface area contributed by atoms with Crippen molar-refractivity contribution >= 4 is 17.5 Å². The van der Waals surface area contributed by atoms with Crippen molar-refractivity contribution in [1.29, 1.82) is 0 Å². The number of hydrogen-bond acceptors (Lipinski definition) is 5. The Morgan fingerprint density at radius 2 is 2.09 bits per heavy atom. The summed E-state index contributed by atoms with van der Waals surface area (Å²) in [5.74, 6) is -0.228. The van der Waals surface area contributed by atoms with E-state index in [0.717, 1.165) is 0 Å². The van der Waals surface area contributed by atoms with Crippen LogP contribution in [0.25, 0.3) is 0 Å². The number of hydrogen-bond donors (Lipinski definition) is 4. The van der Waals surface area contributed by atoms with Crippen molar-refractivity contribution < 1.29 is 19.4 Å². The molecule has 2 amide bonds. The Morgan fingerprint density at radius 3 is 2.73 bits per heavy atom. The maximum atomic E-state index is 12.1. The zero-order chi connectivity index (χ0) is 16.5. The van der Waals surface area contributed by atoms with Crippen LogP contribution in [0.4, 0.5) is 5.69 Å². The number of anilines is 1. The number of amides is 2. The summed E-state index contributed by atoms with van der Waals surface area (Å²) in [5.41, 5.74) is 6.33. The first-order valence-corrected chi connectivity index (χ1v) is 7.16. The number of nitrogens with two attached hydrogens (primary N) is 1. The van der Waals surface area contributed by atoms with Gasteiger partial charge in [0.25, 0.3) is 5.91 Å². The number of benzene rings is 1. The lowest BCUT2D eigenvalue weighted by Gasteiger charge is -2.13. The Bertz CT molecular complexity index is 520. The van der Waals surface area contributed by atoms with Crippen LogP contribution in [-0.4, -0.2) is 43.2 Å². The lowest BCUT2D eigenvalue weighted by atomic mass is 10.1. The first-order chi connectivity index (χ1) is 10.5. The van der Waals surface area contributed by atoms with Gasteiger partial charge in [-0.25, -0.2) is 0 Å². The Balaban J connectivity index is 2.68. The zero-order valence-electron chi connectivity index (χ0n) is 12.9. The van der Waals surface area contributed by atoms with E-state index in [1.54, 1.807) is 19.1 Å². The molecule has 0 bridgehead atoms. The predicted molar refractivity (Wildman–Crippen MR) is 83.6 cm³/mol. The molecule has 1 aromatic rings. The number of nitrogen functional groups attached to an aromatic ring is 1. The molecule has 0 aliphatic rings. The summed E-state index contributed by atoms with van der Waals surface area (Å²) in [6, 6.07) is 4.74. The molecule has 1 rings (SSSR count). The van der Waals surface area contributed by atoms with E-state index in [1.807, 2.05) is 6.92 Å². The van der Waals surface area contributed by atoms with Gasteiger partial charge in [0.05, 0.1) is 18.7 Å². The molecule has 0 aromatic heterocycles. The molecule has 0 heterocycles. The largest absolute Gasteiger partial charge is 0.493 e. The van der Waals surface area contributed by atoms with Crippen LogP contribution >= 0.6 is 0 Å². The number of aliphatic hydroxyl groups excluding tert-OH is 1. The van der Waals surface area contributed by atoms with Gasteiger partial charge in [0, 0.05) is 24.8 Å². The van der Waals surface area contributed by atoms with Gasteiger partial charge < -0.3 is 26.2 Å². The zero-order valence-corrected chi connectivity index (χ0v) is 12.9. The Kier molecular flexibility index (Phi) is 7.18. The topological polar surface area (TPSA) is 114 Å². The maximum absolute atomic E-state index is 12.1. The van der Waals surface area contributed by atoms with Gasteiger partial charge in [0.1, 0.15) is 5.75 Å². The molecule has 1 aromatic carbocycles. The molecule has 122 valence electrons. The highest BCUT2D eigenvalue weighted by atomic mass is 16.5. The Morgan fingerprint density at radius 1 is 1.36 bits per heavy atom. The fraction of sp³-hybridized carbons (Fsp3) is 0.467. The van der Waals surface area contributed by atoms with Gasteiger partial charge >= 0.3 is 0 Å². The van der Waals surface area contributed by atoms with Crippen molar-refractivity contribution in [2.75, 3.05) is 32.0 Å². The first kappa shape index (κ1) is 17.8. The number of rotatable bonds is 8. The summed E-state index contributed by atoms with van der Waals surface area (Å²) >= 11 is 0. The second-order valence-electron chi connectivity index (χ2n) is 4.98. The van der Waals surface area contributed by atoms with Crippen LogP contribution < -0.4 is 21.1 Å². The van der Waals surface area contributed by atoms with Crippen LogP contribution in [0, 0.1) is 5.92 Å². The summed E-state index contributed by atoms with van der Waals surface area (Å²) < 4.78 is 5.49. The van der Waals surface area contributed by atoms with Crippen LogP contribution in [0.15, 0.2) is 18.2 Å². The van der Waals surface area contributed by atoms with Crippen LogP contribution in [-0.2, 0) is 4.79 Å². The third kappa shape index (κ3) is 5.61. The summed E-state index contributed by atoms with van der Waals surface area (Å²) in [6.45, 7) is 4.39. The molecule has 0 radical (unpaired) electrons. The number of carbonyl (C=O) groups is 2. The van der Waals surface area contributed by atoms with Crippen molar-refractivity contribution in [2.45, 2.75) is 13.8 Å². The molecule has 0 unspecified atom stereocenters. The number of nitrogens with one attached hydrogen (secondary N) is 2. The second kappa shape index (κ2) is 8.89. The molecule has 7 heteroatoms. The van der Waals surface area contributed by atoms with E-state index in [0.29, 0.717) is 24.6 Å². The summed E-state index contributed by atoms with van der Waals surface area (Å²) in [5, 5.41) is 14.0. The van der Waals surface area contributed by atoms with Gasteiger partial charge in [-0.05, 0) is 25.1 Å². The van der Waals surface area contributed by atoms with Gasteiger partial charge in [0.15, 0.2) is 0 Å². The highest BCUT2D eigenvalue weighted by Gasteiger charge is 2.13. The molecule has 7 nitrogen and oxygen atoms in total. The van der Waals surface area contributed by atoms with Crippen LogP contribution in [0.1, 0.15) is 24.2 Å². The van der Waals surface area contributed by atoms with Gasteiger partial charge in [-0.2, -0.15) is 0 Å². The number of aliphatic hydroxyl groups is 1. The van der Waals surface area contributed by atoms with Gasteiger partial charge in [-0.15, -0.1) is 0 Å². The average Bonchev–Trinajstić information content (AvgIpc) is 2.51. The van der Waals surface area contributed by atoms with Crippen molar-refractivity contribution in [1.82, 2.24) is 10.6 Å². The molecule has 22 heavy (non-hydrogen) atoms. The Hall–Kier alpha value is -2.28. The smallest absolute Gasteiger partial charge is 0.253 e. The molecule has 0 saturated carbocycles.